The monoisotopic (exact) mass is 321 g/mol. The van der Waals surface area contributed by atoms with Crippen LogP contribution in [0.5, 0.6) is 11.5 Å². The van der Waals surface area contributed by atoms with Gasteiger partial charge in [0.15, 0.2) is 17.3 Å². The second-order valence-corrected chi connectivity index (χ2v) is 5.23. The van der Waals surface area contributed by atoms with Crippen LogP contribution in [0.25, 0.3) is 0 Å². The van der Waals surface area contributed by atoms with Gasteiger partial charge in [0.05, 0.1) is 24.3 Å². The average Bonchev–Trinajstić information content (AvgIpc) is 2.38. The number of hydrogen-bond donors (Lipinski definition) is 0. The Morgan fingerprint density at radius 1 is 1.16 bits per heavy atom. The fourth-order valence-corrected chi connectivity index (χ4v) is 2.64. The maximum atomic E-state index is 12.3. The molecule has 6 heteroatoms. The zero-order chi connectivity index (χ0) is 14.4. The average molecular weight is 322 g/mol. The van der Waals surface area contributed by atoms with Crippen molar-refractivity contribution in [3.05, 3.63) is 21.7 Å². The summed E-state index contributed by atoms with van der Waals surface area (Å²) in [5.41, 5.74) is 0.316. The Kier molecular flexibility index (Phi) is 6.92. The number of rotatable bonds is 7. The number of methoxy groups -OCH3 is 2. The summed E-state index contributed by atoms with van der Waals surface area (Å²) in [5.74, 6) is 0.538. The number of benzene rings is 1. The van der Waals surface area contributed by atoms with E-state index >= 15 is 0 Å². The van der Waals surface area contributed by atoms with Crippen molar-refractivity contribution in [3.8, 4) is 11.5 Å². The highest BCUT2D eigenvalue weighted by Gasteiger charge is 2.23. The second-order valence-electron chi connectivity index (χ2n) is 3.91. The molecule has 0 aliphatic rings. The first-order valence-electron chi connectivity index (χ1n) is 5.84. The summed E-state index contributed by atoms with van der Waals surface area (Å²) >= 11 is 12.1. The standard InChI is InChI=1S/C13H16Cl2O3P/c1-17-12-8(14)7-9(15)13(18-2)11(12)10(16)5-3-4-6-19/h7,19H,3-6H2,1-2H3/q-1. The van der Waals surface area contributed by atoms with Gasteiger partial charge in [0, 0.05) is 6.42 Å². The highest BCUT2D eigenvalue weighted by atomic mass is 35.5. The number of unbranched alkanes of at least 4 members (excludes halogenated alkanes) is 1. The lowest BCUT2D eigenvalue weighted by Crippen LogP contribution is -2.06. The van der Waals surface area contributed by atoms with Crippen LogP contribution in [0, 0.1) is 0 Å². The Labute approximate surface area is 125 Å². The molecular formula is C13H16Cl2O3P-. The quantitative estimate of drug-likeness (QED) is 0.421. The van der Waals surface area contributed by atoms with Gasteiger partial charge in [0.1, 0.15) is 5.56 Å². The summed E-state index contributed by atoms with van der Waals surface area (Å²) in [6, 6.07) is 1.51. The van der Waals surface area contributed by atoms with Crippen LogP contribution < -0.4 is 9.47 Å². The predicted molar refractivity (Wildman–Crippen MR) is 80.9 cm³/mol. The van der Waals surface area contributed by atoms with Gasteiger partial charge in [-0.15, -0.1) is 0 Å². The zero-order valence-corrected chi connectivity index (χ0v) is 13.4. The first kappa shape index (κ1) is 16.6. The largest absolute Gasteiger partial charge is 0.558 e. The van der Waals surface area contributed by atoms with Gasteiger partial charge in [-0.05, 0) is 12.5 Å². The SMILES string of the molecule is COc1c(Cl)cc(Cl)c(OC)c1C(=O)CCCC[PH-]. The van der Waals surface area contributed by atoms with Crippen molar-refractivity contribution in [2.75, 3.05) is 20.4 Å². The lowest BCUT2D eigenvalue weighted by atomic mass is 10.0. The van der Waals surface area contributed by atoms with E-state index in [-0.39, 0.29) is 5.78 Å². The highest BCUT2D eigenvalue weighted by molar-refractivity contribution is 7.16. The topological polar surface area (TPSA) is 35.5 Å². The van der Waals surface area contributed by atoms with E-state index in [0.717, 1.165) is 19.0 Å². The maximum absolute atomic E-state index is 12.3. The lowest BCUT2D eigenvalue weighted by Gasteiger charge is -2.15. The molecule has 0 aliphatic carbocycles. The fraction of sp³-hybridized carbons (Fsp3) is 0.462. The van der Waals surface area contributed by atoms with Crippen molar-refractivity contribution >= 4 is 38.2 Å². The molecule has 0 unspecified atom stereocenters. The Bertz CT molecular complexity index is 435. The van der Waals surface area contributed by atoms with E-state index in [0.29, 0.717) is 33.5 Å². The summed E-state index contributed by atoms with van der Waals surface area (Å²) in [6.45, 7) is 0. The Balaban J connectivity index is 3.18. The van der Waals surface area contributed by atoms with Crippen LogP contribution in [0.1, 0.15) is 29.6 Å². The van der Waals surface area contributed by atoms with Crippen LogP contribution in [-0.4, -0.2) is 26.2 Å². The molecule has 0 bridgehead atoms. The molecular weight excluding hydrogens is 306 g/mol. The number of hydrogen-bond acceptors (Lipinski definition) is 3. The molecule has 3 nitrogen and oxygen atoms in total. The van der Waals surface area contributed by atoms with E-state index in [1.807, 2.05) is 0 Å². The number of carbonyl (C=O) groups excluding carboxylic acids is 1. The van der Waals surface area contributed by atoms with Crippen molar-refractivity contribution in [1.29, 1.82) is 0 Å². The molecule has 1 rings (SSSR count). The van der Waals surface area contributed by atoms with Gasteiger partial charge >= 0.3 is 0 Å². The molecule has 0 atom stereocenters. The zero-order valence-electron chi connectivity index (χ0n) is 10.9. The third-order valence-corrected chi connectivity index (χ3v) is 3.57. The highest BCUT2D eigenvalue weighted by Crippen LogP contribution is 2.41. The van der Waals surface area contributed by atoms with Crippen molar-refractivity contribution < 1.29 is 14.3 Å². The molecule has 19 heavy (non-hydrogen) atoms. The normalized spacial score (nSPS) is 10.4. The van der Waals surface area contributed by atoms with E-state index in [4.69, 9.17) is 32.7 Å². The Hall–Kier alpha value is -0.500. The van der Waals surface area contributed by atoms with Crippen molar-refractivity contribution in [2.45, 2.75) is 19.3 Å². The van der Waals surface area contributed by atoms with E-state index in [9.17, 15) is 4.79 Å². The van der Waals surface area contributed by atoms with Gasteiger partial charge in [-0.25, -0.2) is 0 Å². The van der Waals surface area contributed by atoms with Crippen LogP contribution in [0.15, 0.2) is 6.07 Å². The van der Waals surface area contributed by atoms with Crippen molar-refractivity contribution in [3.63, 3.8) is 0 Å². The molecule has 0 aliphatic heterocycles. The molecule has 0 saturated carbocycles. The fourth-order valence-electron chi connectivity index (χ4n) is 1.77. The second kappa shape index (κ2) is 7.94. The first-order chi connectivity index (χ1) is 9.06. The minimum atomic E-state index is -0.0850. The van der Waals surface area contributed by atoms with Gasteiger partial charge in [-0.2, -0.15) is 6.16 Å². The van der Waals surface area contributed by atoms with E-state index < -0.39 is 0 Å². The molecule has 0 aromatic heterocycles. The Morgan fingerprint density at radius 3 is 2.11 bits per heavy atom. The molecule has 0 fully saturated rings. The number of ether oxygens (including phenoxy) is 2. The minimum Gasteiger partial charge on any atom is -0.558 e. The van der Waals surface area contributed by atoms with Crippen LogP contribution in [0.4, 0.5) is 0 Å². The lowest BCUT2D eigenvalue weighted by molar-refractivity contribution is 0.0974. The van der Waals surface area contributed by atoms with Crippen molar-refractivity contribution in [1.82, 2.24) is 0 Å². The number of carbonyl (C=O) groups is 1. The third-order valence-electron chi connectivity index (χ3n) is 2.66. The van der Waals surface area contributed by atoms with Gasteiger partial charge in [0.25, 0.3) is 0 Å². The molecule has 0 spiro atoms. The molecule has 1 aromatic carbocycles. The van der Waals surface area contributed by atoms with Crippen LogP contribution >= 0.6 is 32.4 Å². The number of halogens is 2. The van der Waals surface area contributed by atoms with Crippen molar-refractivity contribution in [2.24, 2.45) is 0 Å². The molecule has 0 radical (unpaired) electrons. The van der Waals surface area contributed by atoms with Gasteiger partial charge in [0.2, 0.25) is 0 Å². The minimum absolute atomic E-state index is 0.0850. The summed E-state index contributed by atoms with van der Waals surface area (Å²) in [6.07, 6.45) is 2.95. The number of Topliss-reactive ketones (excluding diaryl/α,β-unsaturated/α-hetero) is 1. The molecule has 0 amide bonds. The van der Waals surface area contributed by atoms with E-state index in [1.54, 1.807) is 0 Å². The van der Waals surface area contributed by atoms with Crippen LogP contribution in [0.3, 0.4) is 0 Å². The first-order valence-corrected chi connectivity index (χ1v) is 7.30. The van der Waals surface area contributed by atoms with Gasteiger partial charge in [-0.1, -0.05) is 29.6 Å². The van der Waals surface area contributed by atoms with Gasteiger partial charge in [-0.3, -0.25) is 4.79 Å². The van der Waals surface area contributed by atoms with Gasteiger partial charge < -0.3 is 18.7 Å². The molecule has 1 aromatic rings. The van der Waals surface area contributed by atoms with Crippen LogP contribution in [0.2, 0.25) is 10.0 Å². The summed E-state index contributed by atoms with van der Waals surface area (Å²) < 4.78 is 10.4. The maximum Gasteiger partial charge on any atom is 0.170 e. The molecule has 0 N–H and O–H groups in total. The summed E-state index contributed by atoms with van der Waals surface area (Å²) in [4.78, 5) is 12.3. The van der Waals surface area contributed by atoms with E-state index in [2.05, 4.69) is 9.24 Å². The smallest absolute Gasteiger partial charge is 0.170 e. The summed E-state index contributed by atoms with van der Waals surface area (Å²) in [7, 11) is 6.30. The molecule has 0 saturated heterocycles. The third kappa shape index (κ3) is 3.98. The van der Waals surface area contributed by atoms with E-state index in [1.165, 1.54) is 20.3 Å². The summed E-state index contributed by atoms with van der Waals surface area (Å²) in [5, 5.41) is 0.605. The predicted octanol–water partition coefficient (Wildman–Crippen LogP) is 4.51. The van der Waals surface area contributed by atoms with Crippen LogP contribution in [-0.2, 0) is 0 Å². The molecule has 0 heterocycles. The number of ketones is 1. The molecule has 106 valence electrons. The Morgan fingerprint density at radius 2 is 1.68 bits per heavy atom.